The summed E-state index contributed by atoms with van der Waals surface area (Å²) in [6, 6.07) is 20.0. The van der Waals surface area contributed by atoms with Gasteiger partial charge in [0.15, 0.2) is 5.78 Å². The Bertz CT molecular complexity index is 1390. The molecule has 0 heterocycles. The Labute approximate surface area is 256 Å². The van der Waals surface area contributed by atoms with Crippen LogP contribution in [0.15, 0.2) is 71.2 Å². The van der Waals surface area contributed by atoms with Crippen LogP contribution < -0.4 is 5.73 Å². The average Bonchev–Trinajstić information content (AvgIpc) is 3.03. The summed E-state index contributed by atoms with van der Waals surface area (Å²) in [4.78, 5) is 40.8. The molecule has 0 spiro atoms. The quantitative estimate of drug-likeness (QED) is 0.0999. The van der Waals surface area contributed by atoms with Gasteiger partial charge in [-0.1, -0.05) is 74.7 Å². The fourth-order valence-corrected chi connectivity index (χ4v) is 5.92. The molecule has 1 atom stereocenters. The molecule has 0 saturated heterocycles. The van der Waals surface area contributed by atoms with Crippen LogP contribution in [0.4, 0.5) is 5.69 Å². The summed E-state index contributed by atoms with van der Waals surface area (Å²) in [6.45, 7) is 5.30. The van der Waals surface area contributed by atoms with Gasteiger partial charge in [-0.05, 0) is 71.6 Å². The first-order valence-electron chi connectivity index (χ1n) is 14.6. The Morgan fingerprint density at radius 1 is 0.905 bits per heavy atom. The maximum absolute atomic E-state index is 12.9. The number of halogens is 1. The van der Waals surface area contributed by atoms with Gasteiger partial charge in [0.1, 0.15) is 13.2 Å². The van der Waals surface area contributed by atoms with E-state index in [1.54, 1.807) is 55.5 Å². The summed E-state index contributed by atoms with van der Waals surface area (Å²) < 4.78 is 11.5. The number of nitrogen functional groups attached to an aromatic ring is 1. The van der Waals surface area contributed by atoms with Crippen molar-refractivity contribution in [1.29, 1.82) is 0 Å². The number of hydrogen-bond acceptors (Lipinski definition) is 7. The van der Waals surface area contributed by atoms with Gasteiger partial charge in [-0.3, -0.25) is 14.5 Å². The predicted octanol–water partition coefficient (Wildman–Crippen LogP) is 6.92. The lowest BCUT2D eigenvalue weighted by molar-refractivity contribution is -0.146. The lowest BCUT2D eigenvalue weighted by atomic mass is 9.93. The van der Waals surface area contributed by atoms with Gasteiger partial charge in [-0.25, -0.2) is 4.79 Å². The molecule has 3 aromatic rings. The Morgan fingerprint density at radius 3 is 2.31 bits per heavy atom. The van der Waals surface area contributed by atoms with E-state index in [4.69, 9.17) is 15.2 Å². The highest BCUT2D eigenvalue weighted by Gasteiger charge is 2.23. The Hall–Kier alpha value is -3.49. The van der Waals surface area contributed by atoms with Crippen LogP contribution >= 0.6 is 15.9 Å². The van der Waals surface area contributed by atoms with Crippen molar-refractivity contribution in [1.82, 2.24) is 4.90 Å². The molecular formula is C34H39BrN2O5. The fourth-order valence-electron chi connectivity index (χ4n) is 5.41. The number of ketones is 1. The molecule has 1 aliphatic carbocycles. The Kier molecular flexibility index (Phi) is 11.3. The van der Waals surface area contributed by atoms with Crippen molar-refractivity contribution in [2.24, 2.45) is 0 Å². The van der Waals surface area contributed by atoms with E-state index >= 15 is 0 Å². The van der Waals surface area contributed by atoms with Crippen molar-refractivity contribution >= 4 is 39.3 Å². The maximum atomic E-state index is 12.9. The van der Waals surface area contributed by atoms with Gasteiger partial charge >= 0.3 is 11.9 Å². The number of carbonyl (C=O) groups is 3. The van der Waals surface area contributed by atoms with Crippen LogP contribution in [-0.4, -0.2) is 48.4 Å². The fraction of sp³-hybridized carbons (Fsp3) is 0.382. The first-order valence-corrected chi connectivity index (χ1v) is 15.4. The first-order chi connectivity index (χ1) is 20.3. The summed E-state index contributed by atoms with van der Waals surface area (Å²) in [5.41, 5.74) is 10.0. The van der Waals surface area contributed by atoms with Gasteiger partial charge in [0.25, 0.3) is 0 Å². The highest BCUT2D eigenvalue weighted by molar-refractivity contribution is 9.10. The molecular weight excluding hydrogens is 596 g/mol. The zero-order chi connectivity index (χ0) is 30.1. The van der Waals surface area contributed by atoms with Crippen LogP contribution in [0.3, 0.4) is 0 Å². The number of esters is 2. The van der Waals surface area contributed by atoms with Crippen molar-refractivity contribution in [2.75, 3.05) is 25.5 Å². The van der Waals surface area contributed by atoms with Gasteiger partial charge in [-0.15, -0.1) is 0 Å². The highest BCUT2D eigenvalue weighted by atomic mass is 79.9. The van der Waals surface area contributed by atoms with E-state index in [2.05, 4.69) is 27.8 Å². The second-order valence-electron chi connectivity index (χ2n) is 10.7. The molecule has 1 saturated carbocycles. The molecule has 1 unspecified atom stereocenters. The number of nitrogens with two attached hydrogens (primary N) is 1. The largest absolute Gasteiger partial charge is 0.462 e. The SMILES string of the molecule is CCN(Cc1cc(C(=O)OCCOC(=O)C(C)c2cccc(C(=O)c3ccccc3)c2)cc(Br)c1N)C1CCCCC1. The van der Waals surface area contributed by atoms with E-state index in [0.717, 1.165) is 12.1 Å². The number of carbonyl (C=O) groups excluding carboxylic acids is 3. The van der Waals surface area contributed by atoms with Crippen LogP contribution in [0, 0.1) is 0 Å². The van der Waals surface area contributed by atoms with Crippen LogP contribution in [0.1, 0.15) is 89.3 Å². The molecule has 0 bridgehead atoms. The zero-order valence-electron chi connectivity index (χ0n) is 24.3. The first kappa shape index (κ1) is 31.4. The molecule has 7 nitrogen and oxygen atoms in total. The molecule has 1 aliphatic rings. The van der Waals surface area contributed by atoms with Crippen molar-refractivity contribution in [3.8, 4) is 0 Å². The predicted molar refractivity (Wildman–Crippen MR) is 167 cm³/mol. The molecule has 3 aromatic carbocycles. The third kappa shape index (κ3) is 8.07. The number of nitrogens with zero attached hydrogens (tertiary/aromatic N) is 1. The van der Waals surface area contributed by atoms with E-state index in [1.165, 1.54) is 32.1 Å². The summed E-state index contributed by atoms with van der Waals surface area (Å²) in [6.07, 6.45) is 6.16. The minimum atomic E-state index is -0.592. The van der Waals surface area contributed by atoms with Crippen LogP contribution in [0.25, 0.3) is 0 Å². The number of ether oxygens (including phenoxy) is 2. The van der Waals surface area contributed by atoms with E-state index in [-0.39, 0.29) is 19.0 Å². The van der Waals surface area contributed by atoms with E-state index in [0.29, 0.717) is 45.0 Å². The smallest absolute Gasteiger partial charge is 0.338 e. The van der Waals surface area contributed by atoms with E-state index < -0.39 is 17.9 Å². The number of anilines is 1. The third-order valence-electron chi connectivity index (χ3n) is 7.92. The minimum Gasteiger partial charge on any atom is -0.462 e. The molecule has 2 N–H and O–H groups in total. The minimum absolute atomic E-state index is 0.0775. The topological polar surface area (TPSA) is 98.9 Å². The second kappa shape index (κ2) is 15.1. The second-order valence-corrected chi connectivity index (χ2v) is 11.6. The zero-order valence-corrected chi connectivity index (χ0v) is 25.9. The normalized spacial score (nSPS) is 14.4. The van der Waals surface area contributed by atoms with Crippen molar-refractivity contribution < 1.29 is 23.9 Å². The summed E-state index contributed by atoms with van der Waals surface area (Å²) >= 11 is 3.50. The molecule has 222 valence electrons. The molecule has 0 amide bonds. The monoisotopic (exact) mass is 634 g/mol. The number of hydrogen-bond donors (Lipinski definition) is 1. The molecule has 42 heavy (non-hydrogen) atoms. The van der Waals surface area contributed by atoms with Gasteiger partial charge in [0.2, 0.25) is 0 Å². The molecule has 4 rings (SSSR count). The Morgan fingerprint density at radius 2 is 1.60 bits per heavy atom. The molecule has 0 aliphatic heterocycles. The lowest BCUT2D eigenvalue weighted by Gasteiger charge is -2.34. The van der Waals surface area contributed by atoms with Crippen LogP contribution in [0.2, 0.25) is 0 Å². The maximum Gasteiger partial charge on any atom is 0.338 e. The summed E-state index contributed by atoms with van der Waals surface area (Å²) in [7, 11) is 0. The van der Waals surface area contributed by atoms with E-state index in [9.17, 15) is 14.4 Å². The van der Waals surface area contributed by atoms with Crippen molar-refractivity contribution in [3.05, 3.63) is 99.0 Å². The van der Waals surface area contributed by atoms with Crippen molar-refractivity contribution in [3.63, 3.8) is 0 Å². The van der Waals surface area contributed by atoms with Gasteiger partial charge in [-0.2, -0.15) is 0 Å². The van der Waals surface area contributed by atoms with Crippen LogP contribution in [-0.2, 0) is 20.8 Å². The number of rotatable bonds is 12. The average molecular weight is 636 g/mol. The summed E-state index contributed by atoms with van der Waals surface area (Å²) in [5, 5.41) is 0. The Balaban J connectivity index is 1.30. The lowest BCUT2D eigenvalue weighted by Crippen LogP contribution is -2.36. The molecule has 8 heteroatoms. The third-order valence-corrected chi connectivity index (χ3v) is 8.58. The van der Waals surface area contributed by atoms with Gasteiger partial charge in [0.05, 0.1) is 17.2 Å². The molecule has 0 aromatic heterocycles. The molecule has 1 fully saturated rings. The standard InChI is InChI=1S/C34H39BrN2O5/c1-3-37(29-15-8-5-9-16-29)22-28-20-27(21-30(35)31(28)36)34(40)42-18-17-41-33(39)23(2)25-13-10-14-26(19-25)32(38)24-11-6-4-7-12-24/h4,6-7,10-14,19-21,23,29H,3,5,8-9,15-18,22,36H2,1-2H3. The highest BCUT2D eigenvalue weighted by Crippen LogP contribution is 2.30. The molecule has 0 radical (unpaired) electrons. The summed E-state index contributed by atoms with van der Waals surface area (Å²) in [5.74, 6) is -1.67. The van der Waals surface area contributed by atoms with Crippen molar-refractivity contribution in [2.45, 2.75) is 64.5 Å². The number of benzene rings is 3. The van der Waals surface area contributed by atoms with Gasteiger partial charge < -0.3 is 15.2 Å². The van der Waals surface area contributed by atoms with E-state index in [1.807, 2.05) is 18.2 Å². The van der Waals surface area contributed by atoms with Gasteiger partial charge in [0, 0.05) is 28.2 Å². The van der Waals surface area contributed by atoms with Crippen LogP contribution in [0.5, 0.6) is 0 Å².